The van der Waals surface area contributed by atoms with Crippen molar-refractivity contribution in [1.29, 1.82) is 0 Å². The fourth-order valence-electron chi connectivity index (χ4n) is 2.83. The highest BCUT2D eigenvalue weighted by molar-refractivity contribution is 6.42. The Balaban J connectivity index is 2.11. The number of ether oxygens (including phenoxy) is 1. The molecule has 6 heteroatoms. The highest BCUT2D eigenvalue weighted by atomic mass is 35.5. The molecule has 4 nitrogen and oxygen atoms in total. The van der Waals surface area contributed by atoms with E-state index in [1.807, 2.05) is 47.0 Å². The summed E-state index contributed by atoms with van der Waals surface area (Å²) in [5, 5.41) is 9.96. The molecule has 0 unspecified atom stereocenters. The van der Waals surface area contributed by atoms with Gasteiger partial charge in [-0.05, 0) is 66.6 Å². The summed E-state index contributed by atoms with van der Waals surface area (Å²) in [5.41, 5.74) is 3.64. The first-order valence-corrected chi connectivity index (χ1v) is 8.77. The molecule has 0 spiro atoms. The number of carboxylic acids is 1. The Morgan fingerprint density at radius 3 is 2.38 bits per heavy atom. The molecule has 1 heterocycles. The predicted octanol–water partition coefficient (Wildman–Crippen LogP) is 5.48. The summed E-state index contributed by atoms with van der Waals surface area (Å²) in [7, 11) is 1.62. The fraction of sp³-hybridized carbons (Fsp3) is 0.150. The number of carboxylic acid groups (broad SMARTS) is 1. The van der Waals surface area contributed by atoms with Crippen LogP contribution >= 0.6 is 23.2 Å². The quantitative estimate of drug-likeness (QED) is 0.607. The lowest BCUT2D eigenvalue weighted by Crippen LogP contribution is -2.05. The van der Waals surface area contributed by atoms with Gasteiger partial charge in [-0.25, -0.2) is 0 Å². The Kier molecular flexibility index (Phi) is 5.55. The fourth-order valence-corrected chi connectivity index (χ4v) is 3.12. The van der Waals surface area contributed by atoms with Crippen molar-refractivity contribution in [3.8, 4) is 22.7 Å². The smallest absolute Gasteiger partial charge is 0.303 e. The van der Waals surface area contributed by atoms with Crippen molar-refractivity contribution in [2.75, 3.05) is 7.11 Å². The zero-order valence-corrected chi connectivity index (χ0v) is 15.6. The average Bonchev–Trinajstić information content (AvgIpc) is 3.06. The summed E-state index contributed by atoms with van der Waals surface area (Å²) in [6.45, 7) is 0. The van der Waals surface area contributed by atoms with Crippen molar-refractivity contribution in [3.05, 3.63) is 70.3 Å². The lowest BCUT2D eigenvalue weighted by atomic mass is 10.1. The van der Waals surface area contributed by atoms with Crippen LogP contribution in [0.4, 0.5) is 0 Å². The third-order valence-electron chi connectivity index (χ3n) is 4.10. The minimum absolute atomic E-state index is 0.0490. The number of hydrogen-bond donors (Lipinski definition) is 1. The molecule has 0 saturated carbocycles. The van der Waals surface area contributed by atoms with E-state index in [2.05, 4.69) is 0 Å². The Bertz CT molecular complexity index is 933. The lowest BCUT2D eigenvalue weighted by molar-refractivity contribution is -0.136. The first kappa shape index (κ1) is 18.4. The molecule has 0 fully saturated rings. The minimum Gasteiger partial charge on any atom is -0.497 e. The summed E-state index contributed by atoms with van der Waals surface area (Å²) in [6.07, 6.45) is 0.457. The van der Waals surface area contributed by atoms with Crippen molar-refractivity contribution >= 4 is 29.2 Å². The first-order chi connectivity index (χ1) is 12.5. The molecular weight excluding hydrogens is 373 g/mol. The van der Waals surface area contributed by atoms with Gasteiger partial charge in [0.05, 0.1) is 29.3 Å². The molecule has 0 aliphatic rings. The van der Waals surface area contributed by atoms with E-state index in [4.69, 9.17) is 33.0 Å². The molecule has 3 aromatic rings. The molecule has 3 rings (SSSR count). The van der Waals surface area contributed by atoms with Gasteiger partial charge in [0.25, 0.3) is 0 Å². The molecular formula is C20H17Cl2NO3. The number of aromatic nitrogens is 1. The third-order valence-corrected chi connectivity index (χ3v) is 4.84. The van der Waals surface area contributed by atoms with Crippen molar-refractivity contribution in [2.24, 2.45) is 0 Å². The number of aliphatic carboxylic acids is 1. The van der Waals surface area contributed by atoms with Gasteiger partial charge < -0.3 is 14.4 Å². The van der Waals surface area contributed by atoms with Crippen molar-refractivity contribution in [3.63, 3.8) is 0 Å². The molecule has 0 radical (unpaired) electrons. The Labute approximate surface area is 161 Å². The van der Waals surface area contributed by atoms with E-state index in [-0.39, 0.29) is 6.42 Å². The molecule has 2 aromatic carbocycles. The topological polar surface area (TPSA) is 51.5 Å². The number of hydrogen-bond acceptors (Lipinski definition) is 2. The molecule has 0 aliphatic carbocycles. The summed E-state index contributed by atoms with van der Waals surface area (Å²) in [5.74, 6) is -0.0645. The minimum atomic E-state index is -0.835. The number of rotatable bonds is 6. The molecule has 1 N–H and O–H groups in total. The normalized spacial score (nSPS) is 10.7. The summed E-state index contributed by atoms with van der Waals surface area (Å²) < 4.78 is 7.22. The molecule has 134 valence electrons. The van der Waals surface area contributed by atoms with E-state index in [0.29, 0.717) is 16.5 Å². The second-order valence-corrected chi connectivity index (χ2v) is 6.58. The highest BCUT2D eigenvalue weighted by Crippen LogP contribution is 2.31. The van der Waals surface area contributed by atoms with Gasteiger partial charge in [-0.3, -0.25) is 4.79 Å². The Morgan fingerprint density at radius 2 is 1.77 bits per heavy atom. The van der Waals surface area contributed by atoms with Gasteiger partial charge in [-0.2, -0.15) is 0 Å². The molecule has 0 atom stereocenters. The maximum atomic E-state index is 11.0. The number of halogens is 2. The van der Waals surface area contributed by atoms with Gasteiger partial charge >= 0.3 is 5.97 Å². The maximum Gasteiger partial charge on any atom is 0.303 e. The van der Waals surface area contributed by atoms with Crippen molar-refractivity contribution in [1.82, 2.24) is 4.57 Å². The van der Waals surface area contributed by atoms with Crippen LogP contribution in [-0.4, -0.2) is 22.8 Å². The predicted molar refractivity (Wildman–Crippen MR) is 104 cm³/mol. The summed E-state index contributed by atoms with van der Waals surface area (Å²) in [4.78, 5) is 11.0. The Hall–Kier alpha value is -2.43. The number of aryl methyl sites for hydroxylation is 1. The van der Waals surface area contributed by atoms with Gasteiger partial charge in [0.1, 0.15) is 5.75 Å². The van der Waals surface area contributed by atoms with E-state index >= 15 is 0 Å². The summed E-state index contributed by atoms with van der Waals surface area (Å²) >= 11 is 12.2. The van der Waals surface area contributed by atoms with E-state index < -0.39 is 5.97 Å². The van der Waals surface area contributed by atoms with E-state index in [0.717, 1.165) is 28.4 Å². The van der Waals surface area contributed by atoms with Crippen LogP contribution in [0.2, 0.25) is 10.0 Å². The SMILES string of the molecule is COc1ccc(-c2ccc(CCC(=O)O)n2-c2ccc(Cl)c(Cl)c2)cc1. The monoisotopic (exact) mass is 389 g/mol. The molecule has 26 heavy (non-hydrogen) atoms. The second-order valence-electron chi connectivity index (χ2n) is 5.77. The third kappa shape index (κ3) is 3.87. The molecule has 0 amide bonds. The zero-order valence-electron chi connectivity index (χ0n) is 14.1. The lowest BCUT2D eigenvalue weighted by Gasteiger charge is -2.15. The van der Waals surface area contributed by atoms with Crippen LogP contribution in [0, 0.1) is 0 Å². The number of carbonyl (C=O) groups is 1. The van der Waals surface area contributed by atoms with Crippen LogP contribution in [0.15, 0.2) is 54.6 Å². The van der Waals surface area contributed by atoms with E-state index in [1.54, 1.807) is 19.2 Å². The summed E-state index contributed by atoms with van der Waals surface area (Å²) in [6, 6.07) is 17.0. The van der Waals surface area contributed by atoms with Crippen molar-refractivity contribution in [2.45, 2.75) is 12.8 Å². The number of benzene rings is 2. The van der Waals surface area contributed by atoms with Crippen molar-refractivity contribution < 1.29 is 14.6 Å². The van der Waals surface area contributed by atoms with Gasteiger partial charge in [0, 0.05) is 11.4 Å². The van der Waals surface area contributed by atoms with Gasteiger partial charge in [-0.1, -0.05) is 23.2 Å². The number of nitrogens with zero attached hydrogens (tertiary/aromatic N) is 1. The molecule has 1 aromatic heterocycles. The van der Waals surface area contributed by atoms with Gasteiger partial charge in [0.15, 0.2) is 0 Å². The highest BCUT2D eigenvalue weighted by Gasteiger charge is 2.14. The zero-order chi connectivity index (χ0) is 18.7. The van der Waals surface area contributed by atoms with Gasteiger partial charge in [0.2, 0.25) is 0 Å². The molecule has 0 bridgehead atoms. The first-order valence-electron chi connectivity index (χ1n) is 8.02. The van der Waals surface area contributed by atoms with Crippen LogP contribution in [-0.2, 0) is 11.2 Å². The maximum absolute atomic E-state index is 11.0. The molecule has 0 aliphatic heterocycles. The van der Waals surface area contributed by atoms with E-state index in [1.165, 1.54) is 0 Å². The van der Waals surface area contributed by atoms with Gasteiger partial charge in [-0.15, -0.1) is 0 Å². The average molecular weight is 390 g/mol. The Morgan fingerprint density at radius 1 is 1.04 bits per heavy atom. The number of methoxy groups -OCH3 is 1. The largest absolute Gasteiger partial charge is 0.497 e. The van der Waals surface area contributed by atoms with Crippen LogP contribution < -0.4 is 4.74 Å². The van der Waals surface area contributed by atoms with Crippen LogP contribution in [0.5, 0.6) is 5.75 Å². The second kappa shape index (κ2) is 7.85. The standard InChI is InChI=1S/C20H17Cl2NO3/c1-26-16-7-2-13(3-8-16)19-10-5-14(6-11-20(24)25)23(19)15-4-9-17(21)18(22)12-15/h2-5,7-10,12H,6,11H2,1H3,(H,24,25). The van der Waals surface area contributed by atoms with Crippen LogP contribution in [0.25, 0.3) is 16.9 Å². The van der Waals surface area contributed by atoms with Crippen LogP contribution in [0.1, 0.15) is 12.1 Å². The van der Waals surface area contributed by atoms with E-state index in [9.17, 15) is 4.79 Å². The molecule has 0 saturated heterocycles. The van der Waals surface area contributed by atoms with Crippen LogP contribution in [0.3, 0.4) is 0 Å².